The Balaban J connectivity index is 1.31. The van der Waals surface area contributed by atoms with Crippen molar-refractivity contribution >= 4 is 11.6 Å². The molecule has 3 aliphatic rings. The maximum Gasteiger partial charge on any atom is 0.225 e. The third-order valence-corrected chi connectivity index (χ3v) is 6.67. The van der Waals surface area contributed by atoms with Gasteiger partial charge in [-0.25, -0.2) is 9.97 Å². The van der Waals surface area contributed by atoms with E-state index in [0.717, 1.165) is 77.3 Å². The quantitative estimate of drug-likeness (QED) is 0.650. The molecule has 33 heavy (non-hydrogen) atoms. The lowest BCUT2D eigenvalue weighted by atomic mass is 9.97. The van der Waals surface area contributed by atoms with Gasteiger partial charge in [0.25, 0.3) is 0 Å². The van der Waals surface area contributed by atoms with Crippen LogP contribution in [0.4, 0.5) is 11.6 Å². The highest BCUT2D eigenvalue weighted by molar-refractivity contribution is 5.77. The molecule has 170 valence electrons. The number of hydrogen-bond acceptors (Lipinski definition) is 7. The number of rotatable bonds is 4. The standard InChI is InChI=1S/C26H28N4O3/c1-16-24(17(2)28-26(27-16)30-9-12-31-13-10-30)21-5-3-4-20-22(15-33-25(20)21)29-19-7-6-18-8-11-32-23(18)14-19/h3-7,14,22,29H,8-13,15H2,1-2H3/t22-/m1/s1. The third-order valence-electron chi connectivity index (χ3n) is 6.67. The van der Waals surface area contributed by atoms with Gasteiger partial charge >= 0.3 is 0 Å². The van der Waals surface area contributed by atoms with Gasteiger partial charge in [0.05, 0.1) is 37.3 Å². The zero-order valence-electron chi connectivity index (χ0n) is 19.1. The van der Waals surface area contributed by atoms with Gasteiger partial charge in [0.1, 0.15) is 18.1 Å². The number of nitrogens with zero attached hydrogens (tertiary/aromatic N) is 3. The molecule has 0 saturated carbocycles. The molecule has 3 aromatic rings. The summed E-state index contributed by atoms with van der Waals surface area (Å²) in [6, 6.07) is 12.8. The van der Waals surface area contributed by atoms with Gasteiger partial charge in [-0.05, 0) is 25.5 Å². The average Bonchev–Trinajstić information content (AvgIpc) is 3.46. The van der Waals surface area contributed by atoms with Crippen LogP contribution in [0.5, 0.6) is 11.5 Å². The molecule has 0 bridgehead atoms. The van der Waals surface area contributed by atoms with Crippen LogP contribution in [-0.4, -0.2) is 49.5 Å². The molecule has 1 atom stereocenters. The van der Waals surface area contributed by atoms with E-state index in [4.69, 9.17) is 24.2 Å². The first-order valence-corrected chi connectivity index (χ1v) is 11.6. The number of benzene rings is 2. The first-order valence-electron chi connectivity index (χ1n) is 11.6. The normalized spacial score (nSPS) is 19.0. The lowest BCUT2D eigenvalue weighted by Gasteiger charge is -2.27. The van der Waals surface area contributed by atoms with Gasteiger partial charge in [-0.15, -0.1) is 0 Å². The van der Waals surface area contributed by atoms with Crippen LogP contribution in [0.1, 0.15) is 28.6 Å². The highest BCUT2D eigenvalue weighted by Crippen LogP contribution is 2.44. The van der Waals surface area contributed by atoms with Crippen molar-refractivity contribution in [2.45, 2.75) is 26.3 Å². The fourth-order valence-electron chi connectivity index (χ4n) is 5.01. The molecule has 4 heterocycles. The number of para-hydroxylation sites is 1. The minimum absolute atomic E-state index is 0.0774. The molecule has 1 fully saturated rings. The van der Waals surface area contributed by atoms with Crippen molar-refractivity contribution < 1.29 is 14.2 Å². The summed E-state index contributed by atoms with van der Waals surface area (Å²) in [6.07, 6.45) is 0.986. The van der Waals surface area contributed by atoms with E-state index in [2.05, 4.69) is 60.5 Å². The molecule has 1 N–H and O–H groups in total. The smallest absolute Gasteiger partial charge is 0.225 e. The highest BCUT2D eigenvalue weighted by atomic mass is 16.5. The van der Waals surface area contributed by atoms with Crippen LogP contribution in [0.2, 0.25) is 0 Å². The number of morpholine rings is 1. The summed E-state index contributed by atoms with van der Waals surface area (Å²) in [5.41, 5.74) is 7.52. The molecule has 0 amide bonds. The van der Waals surface area contributed by atoms with Crippen LogP contribution in [0.25, 0.3) is 11.1 Å². The largest absolute Gasteiger partial charge is 0.493 e. The second kappa shape index (κ2) is 8.23. The van der Waals surface area contributed by atoms with Crippen molar-refractivity contribution in [2.24, 2.45) is 0 Å². The molecular weight excluding hydrogens is 416 g/mol. The second-order valence-electron chi connectivity index (χ2n) is 8.82. The summed E-state index contributed by atoms with van der Waals surface area (Å²) in [6.45, 7) is 8.54. The van der Waals surface area contributed by atoms with Crippen LogP contribution in [0.15, 0.2) is 36.4 Å². The Kier molecular flexibility index (Phi) is 5.06. The third kappa shape index (κ3) is 3.66. The SMILES string of the molecule is Cc1nc(N2CCOCC2)nc(C)c1-c1cccc2c1OC[C@H]2Nc1ccc2c(c1)OCC2. The zero-order valence-corrected chi connectivity index (χ0v) is 19.1. The monoisotopic (exact) mass is 444 g/mol. The Morgan fingerprint density at radius 1 is 0.970 bits per heavy atom. The first kappa shape index (κ1) is 20.3. The Morgan fingerprint density at radius 3 is 2.61 bits per heavy atom. The molecule has 0 radical (unpaired) electrons. The lowest BCUT2D eigenvalue weighted by Crippen LogP contribution is -2.37. The maximum atomic E-state index is 6.24. The van der Waals surface area contributed by atoms with Crippen LogP contribution in [-0.2, 0) is 11.2 Å². The maximum absolute atomic E-state index is 6.24. The topological polar surface area (TPSA) is 68.7 Å². The molecule has 1 aromatic heterocycles. The number of fused-ring (bicyclic) bond motifs is 2. The molecular formula is C26H28N4O3. The van der Waals surface area contributed by atoms with Crippen LogP contribution in [0, 0.1) is 13.8 Å². The van der Waals surface area contributed by atoms with E-state index in [1.807, 2.05) is 0 Å². The van der Waals surface area contributed by atoms with Crippen molar-refractivity contribution in [3.05, 3.63) is 58.9 Å². The first-order chi connectivity index (χ1) is 16.2. The van der Waals surface area contributed by atoms with Crippen LogP contribution in [0.3, 0.4) is 0 Å². The summed E-state index contributed by atoms with van der Waals surface area (Å²) in [7, 11) is 0. The molecule has 7 nitrogen and oxygen atoms in total. The van der Waals surface area contributed by atoms with Gasteiger partial charge < -0.3 is 24.4 Å². The fraction of sp³-hybridized carbons (Fsp3) is 0.385. The number of nitrogens with one attached hydrogen (secondary N) is 1. The Labute approximate surface area is 193 Å². The molecule has 6 rings (SSSR count). The van der Waals surface area contributed by atoms with Crippen molar-refractivity contribution in [1.82, 2.24) is 9.97 Å². The molecule has 0 spiro atoms. The van der Waals surface area contributed by atoms with E-state index >= 15 is 0 Å². The zero-order chi connectivity index (χ0) is 22.4. The summed E-state index contributed by atoms with van der Waals surface area (Å²) in [5, 5.41) is 3.63. The van der Waals surface area contributed by atoms with Crippen LogP contribution < -0.4 is 19.7 Å². The van der Waals surface area contributed by atoms with Crippen molar-refractivity contribution in [3.63, 3.8) is 0 Å². The van der Waals surface area contributed by atoms with E-state index in [0.29, 0.717) is 19.8 Å². The molecule has 3 aliphatic heterocycles. The van der Waals surface area contributed by atoms with E-state index in [1.54, 1.807) is 0 Å². The number of aryl methyl sites for hydroxylation is 2. The minimum Gasteiger partial charge on any atom is -0.493 e. The second-order valence-corrected chi connectivity index (χ2v) is 8.82. The Morgan fingerprint density at radius 2 is 1.79 bits per heavy atom. The van der Waals surface area contributed by atoms with Gasteiger partial charge in [0.2, 0.25) is 5.95 Å². The number of aromatic nitrogens is 2. The average molecular weight is 445 g/mol. The van der Waals surface area contributed by atoms with Gasteiger partial charge in [0.15, 0.2) is 0 Å². The van der Waals surface area contributed by atoms with Crippen molar-refractivity contribution in [2.75, 3.05) is 49.7 Å². The van der Waals surface area contributed by atoms with Crippen molar-refractivity contribution in [3.8, 4) is 22.6 Å². The predicted molar refractivity (Wildman–Crippen MR) is 127 cm³/mol. The van der Waals surface area contributed by atoms with E-state index in [9.17, 15) is 0 Å². The highest BCUT2D eigenvalue weighted by Gasteiger charge is 2.29. The summed E-state index contributed by atoms with van der Waals surface area (Å²) >= 11 is 0. The molecule has 0 aliphatic carbocycles. The molecule has 0 unspecified atom stereocenters. The summed E-state index contributed by atoms with van der Waals surface area (Å²) in [4.78, 5) is 11.9. The van der Waals surface area contributed by atoms with Gasteiger partial charge in [0, 0.05) is 48.0 Å². The summed E-state index contributed by atoms with van der Waals surface area (Å²) in [5.74, 6) is 2.68. The minimum atomic E-state index is 0.0774. The number of anilines is 2. The van der Waals surface area contributed by atoms with E-state index in [-0.39, 0.29) is 6.04 Å². The predicted octanol–water partition coefficient (Wildman–Crippen LogP) is 4.08. The number of hydrogen-bond donors (Lipinski definition) is 1. The van der Waals surface area contributed by atoms with Gasteiger partial charge in [-0.1, -0.05) is 24.3 Å². The molecule has 2 aromatic carbocycles. The number of ether oxygens (including phenoxy) is 3. The molecule has 1 saturated heterocycles. The van der Waals surface area contributed by atoms with Gasteiger partial charge in [-0.3, -0.25) is 0 Å². The van der Waals surface area contributed by atoms with E-state index in [1.165, 1.54) is 5.56 Å². The Bertz CT molecular complexity index is 1180. The van der Waals surface area contributed by atoms with Crippen molar-refractivity contribution in [1.29, 1.82) is 0 Å². The van der Waals surface area contributed by atoms with E-state index < -0.39 is 0 Å². The summed E-state index contributed by atoms with van der Waals surface area (Å²) < 4.78 is 17.4. The van der Waals surface area contributed by atoms with Gasteiger partial charge in [-0.2, -0.15) is 0 Å². The fourth-order valence-corrected chi connectivity index (χ4v) is 5.01. The van der Waals surface area contributed by atoms with Crippen LogP contribution >= 0.6 is 0 Å². The lowest BCUT2D eigenvalue weighted by molar-refractivity contribution is 0.122. The molecule has 7 heteroatoms. The Hall–Kier alpha value is -3.32.